The molecule has 66 valence electrons. The maximum Gasteiger partial charge on any atom is 0.323 e. The minimum atomic E-state index is -1.45. The lowest BCUT2D eigenvalue weighted by atomic mass is 9.78. The smallest absolute Gasteiger partial charge is 0.323 e. The molecule has 0 heterocycles. The van der Waals surface area contributed by atoms with Gasteiger partial charge in [0.05, 0.1) is 0 Å². The van der Waals surface area contributed by atoms with Crippen molar-refractivity contribution in [2.24, 2.45) is 11.1 Å². The molecule has 0 fully saturated rings. The third kappa shape index (κ3) is 1.20. The van der Waals surface area contributed by atoms with Crippen molar-refractivity contribution >= 4 is 11.9 Å². The maximum absolute atomic E-state index is 10.9. The van der Waals surface area contributed by atoms with Gasteiger partial charge in [0.15, 0.2) is 5.41 Å². The molecule has 0 saturated carbocycles. The van der Waals surface area contributed by atoms with Crippen molar-refractivity contribution in [3.05, 3.63) is 12.2 Å². The summed E-state index contributed by atoms with van der Waals surface area (Å²) in [5.74, 6) is -1.92. The number of carbonyl (C=O) groups is 2. The predicted molar refractivity (Wildman–Crippen MR) is 42.3 cm³/mol. The number of allylic oxidation sites excluding steroid dienone is 1. The predicted octanol–water partition coefficient (Wildman–Crippen LogP) is 0.283. The Bertz CT molecular complexity index is 231. The van der Waals surface area contributed by atoms with Crippen LogP contribution in [0.4, 0.5) is 0 Å². The monoisotopic (exact) mass is 169 g/mol. The Morgan fingerprint density at radius 2 is 2.17 bits per heavy atom. The van der Waals surface area contributed by atoms with Gasteiger partial charge in [-0.1, -0.05) is 12.2 Å². The molecule has 1 unspecified atom stereocenters. The number of carboxylic acids is 1. The number of carbonyl (C=O) groups excluding carboxylic acids is 1. The van der Waals surface area contributed by atoms with Gasteiger partial charge >= 0.3 is 5.97 Å². The first-order valence-electron chi connectivity index (χ1n) is 3.80. The Kier molecular flexibility index (Phi) is 2.17. The Morgan fingerprint density at radius 3 is 2.42 bits per heavy atom. The maximum atomic E-state index is 10.9. The average Bonchev–Trinajstić information content (AvgIpc) is 2.05. The topological polar surface area (TPSA) is 80.4 Å². The molecule has 0 radical (unpaired) electrons. The van der Waals surface area contributed by atoms with E-state index >= 15 is 0 Å². The molecular weight excluding hydrogens is 158 g/mol. The molecule has 1 amide bonds. The Balaban J connectivity index is 3.01. The van der Waals surface area contributed by atoms with Gasteiger partial charge in [-0.15, -0.1) is 0 Å². The molecule has 0 aromatic rings. The van der Waals surface area contributed by atoms with Gasteiger partial charge < -0.3 is 10.8 Å². The number of rotatable bonds is 2. The van der Waals surface area contributed by atoms with Gasteiger partial charge in [-0.3, -0.25) is 9.59 Å². The van der Waals surface area contributed by atoms with Crippen molar-refractivity contribution in [1.29, 1.82) is 0 Å². The fourth-order valence-corrected chi connectivity index (χ4v) is 1.36. The summed E-state index contributed by atoms with van der Waals surface area (Å²) in [6, 6.07) is 0. The van der Waals surface area contributed by atoms with Crippen molar-refractivity contribution in [2.45, 2.75) is 19.3 Å². The van der Waals surface area contributed by atoms with E-state index in [1.165, 1.54) is 6.08 Å². The first kappa shape index (κ1) is 8.77. The molecule has 4 heteroatoms. The van der Waals surface area contributed by atoms with E-state index in [0.29, 0.717) is 12.8 Å². The third-order valence-corrected chi connectivity index (χ3v) is 2.17. The highest BCUT2D eigenvalue weighted by atomic mass is 16.4. The molecule has 0 aromatic heterocycles. The molecule has 0 saturated heterocycles. The zero-order valence-electron chi connectivity index (χ0n) is 6.62. The minimum absolute atomic E-state index is 0.314. The molecule has 1 aliphatic carbocycles. The Labute approximate surface area is 70.1 Å². The number of carboxylic acid groups (broad SMARTS) is 1. The second-order valence-electron chi connectivity index (χ2n) is 2.94. The fraction of sp³-hybridized carbons (Fsp3) is 0.500. The second kappa shape index (κ2) is 2.97. The molecule has 0 bridgehead atoms. The summed E-state index contributed by atoms with van der Waals surface area (Å²) in [5.41, 5.74) is 3.59. The van der Waals surface area contributed by atoms with E-state index in [1.807, 2.05) is 0 Å². The lowest BCUT2D eigenvalue weighted by Crippen LogP contribution is -2.43. The number of aliphatic carboxylic acids is 1. The van der Waals surface area contributed by atoms with Crippen LogP contribution in [-0.2, 0) is 9.59 Å². The SMILES string of the molecule is NC(=O)C1(C(=O)O)C=CCCC1. The molecule has 12 heavy (non-hydrogen) atoms. The molecule has 1 atom stereocenters. The van der Waals surface area contributed by atoms with Crippen LogP contribution in [0.5, 0.6) is 0 Å². The summed E-state index contributed by atoms with van der Waals surface area (Å²) < 4.78 is 0. The largest absolute Gasteiger partial charge is 0.480 e. The van der Waals surface area contributed by atoms with E-state index in [1.54, 1.807) is 6.08 Å². The van der Waals surface area contributed by atoms with Crippen LogP contribution in [0.2, 0.25) is 0 Å². The van der Waals surface area contributed by atoms with Gasteiger partial charge in [-0.2, -0.15) is 0 Å². The van der Waals surface area contributed by atoms with E-state index in [4.69, 9.17) is 10.8 Å². The van der Waals surface area contributed by atoms with Crippen molar-refractivity contribution in [3.63, 3.8) is 0 Å². The number of amides is 1. The molecule has 0 aromatic carbocycles. The van der Waals surface area contributed by atoms with Crippen LogP contribution in [-0.4, -0.2) is 17.0 Å². The van der Waals surface area contributed by atoms with Gasteiger partial charge in [0.2, 0.25) is 5.91 Å². The summed E-state index contributed by atoms with van der Waals surface area (Å²) >= 11 is 0. The number of primary amides is 1. The second-order valence-corrected chi connectivity index (χ2v) is 2.94. The highest BCUT2D eigenvalue weighted by Crippen LogP contribution is 2.30. The van der Waals surface area contributed by atoms with Gasteiger partial charge in [-0.05, 0) is 19.3 Å². The van der Waals surface area contributed by atoms with Crippen molar-refractivity contribution < 1.29 is 14.7 Å². The van der Waals surface area contributed by atoms with Crippen molar-refractivity contribution in [3.8, 4) is 0 Å². The third-order valence-electron chi connectivity index (χ3n) is 2.17. The molecular formula is C8H11NO3. The number of nitrogens with two attached hydrogens (primary N) is 1. The van der Waals surface area contributed by atoms with E-state index in [9.17, 15) is 9.59 Å². The van der Waals surface area contributed by atoms with Gasteiger partial charge in [0.25, 0.3) is 0 Å². The minimum Gasteiger partial charge on any atom is -0.480 e. The van der Waals surface area contributed by atoms with Gasteiger partial charge in [0.1, 0.15) is 0 Å². The fourth-order valence-electron chi connectivity index (χ4n) is 1.36. The van der Waals surface area contributed by atoms with Crippen LogP contribution in [0.3, 0.4) is 0 Å². The van der Waals surface area contributed by atoms with E-state index in [2.05, 4.69) is 0 Å². The van der Waals surface area contributed by atoms with Crippen LogP contribution in [0.15, 0.2) is 12.2 Å². The van der Waals surface area contributed by atoms with Crippen molar-refractivity contribution in [1.82, 2.24) is 0 Å². The van der Waals surface area contributed by atoms with E-state index < -0.39 is 17.3 Å². The highest BCUT2D eigenvalue weighted by Gasteiger charge is 2.42. The summed E-state index contributed by atoms with van der Waals surface area (Å²) in [7, 11) is 0. The zero-order valence-corrected chi connectivity index (χ0v) is 6.62. The standard InChI is InChI=1S/C8H11NO3/c9-6(10)8(7(11)12)4-2-1-3-5-8/h2,4H,1,3,5H2,(H2,9,10)(H,11,12). The number of hydrogen-bond donors (Lipinski definition) is 2. The average molecular weight is 169 g/mol. The summed E-state index contributed by atoms with van der Waals surface area (Å²) in [5, 5.41) is 8.81. The normalized spacial score (nSPS) is 28.3. The Morgan fingerprint density at radius 1 is 1.50 bits per heavy atom. The molecule has 0 aliphatic heterocycles. The van der Waals surface area contributed by atoms with Crippen LogP contribution >= 0.6 is 0 Å². The quantitative estimate of drug-likeness (QED) is 0.460. The van der Waals surface area contributed by atoms with Crippen molar-refractivity contribution in [2.75, 3.05) is 0 Å². The van der Waals surface area contributed by atoms with E-state index in [0.717, 1.165) is 6.42 Å². The van der Waals surface area contributed by atoms with Gasteiger partial charge in [0, 0.05) is 0 Å². The van der Waals surface area contributed by atoms with Crippen LogP contribution in [0.1, 0.15) is 19.3 Å². The Hall–Kier alpha value is -1.32. The number of hydrogen-bond acceptors (Lipinski definition) is 2. The first-order valence-corrected chi connectivity index (χ1v) is 3.80. The molecule has 1 aliphatic rings. The zero-order chi connectivity index (χ0) is 9.19. The first-order chi connectivity index (χ1) is 5.59. The molecule has 1 rings (SSSR count). The summed E-state index contributed by atoms with van der Waals surface area (Å²) in [6.07, 6.45) is 4.94. The van der Waals surface area contributed by atoms with Crippen LogP contribution in [0.25, 0.3) is 0 Å². The lowest BCUT2D eigenvalue weighted by molar-refractivity contribution is -0.151. The van der Waals surface area contributed by atoms with Crippen LogP contribution < -0.4 is 5.73 Å². The molecule has 3 N–H and O–H groups in total. The van der Waals surface area contributed by atoms with Gasteiger partial charge in [-0.25, -0.2) is 0 Å². The highest BCUT2D eigenvalue weighted by molar-refractivity contribution is 6.03. The lowest BCUT2D eigenvalue weighted by Gasteiger charge is -2.24. The molecule has 4 nitrogen and oxygen atoms in total. The summed E-state index contributed by atoms with van der Waals surface area (Å²) in [6.45, 7) is 0. The summed E-state index contributed by atoms with van der Waals surface area (Å²) in [4.78, 5) is 21.7. The van der Waals surface area contributed by atoms with E-state index in [-0.39, 0.29) is 0 Å². The molecule has 0 spiro atoms. The van der Waals surface area contributed by atoms with Crippen LogP contribution in [0, 0.1) is 5.41 Å².